The summed E-state index contributed by atoms with van der Waals surface area (Å²) in [7, 11) is 0. The number of hydrogen-bond donors (Lipinski definition) is 3. The molecule has 1 aromatic heterocycles. The topological polar surface area (TPSA) is 103 Å². The molecule has 9 heteroatoms. The van der Waals surface area contributed by atoms with Crippen LogP contribution in [0.5, 0.6) is 0 Å². The molecule has 3 N–H and O–H groups in total. The van der Waals surface area contributed by atoms with Crippen molar-refractivity contribution in [1.29, 1.82) is 5.26 Å². The number of alkyl halides is 2. The third-order valence-electron chi connectivity index (χ3n) is 5.20. The molecule has 0 bridgehead atoms. The molecule has 0 radical (unpaired) electrons. The maximum atomic E-state index is 12.3. The second-order valence-corrected chi connectivity index (χ2v) is 7.24. The number of aliphatic hydroxyl groups excluding tert-OH is 1. The van der Waals surface area contributed by atoms with Crippen molar-refractivity contribution in [3.8, 4) is 6.07 Å². The van der Waals surface area contributed by atoms with Crippen molar-refractivity contribution in [2.75, 3.05) is 10.6 Å². The molecule has 0 aromatic carbocycles. The molecule has 3 rings (SSSR count). The first-order valence-electron chi connectivity index (χ1n) is 9.45. The van der Waals surface area contributed by atoms with Gasteiger partial charge < -0.3 is 20.5 Å². The van der Waals surface area contributed by atoms with Gasteiger partial charge in [0, 0.05) is 12.1 Å². The zero-order valence-electron chi connectivity index (χ0n) is 15.1. The molecular weight excluding hydrogens is 356 g/mol. The van der Waals surface area contributed by atoms with Crippen LogP contribution in [-0.2, 0) is 4.74 Å². The predicted molar refractivity (Wildman–Crippen MR) is 95.4 cm³/mol. The summed E-state index contributed by atoms with van der Waals surface area (Å²) in [5.41, 5.74) is 0.356. The Labute approximate surface area is 157 Å². The van der Waals surface area contributed by atoms with E-state index in [2.05, 4.69) is 31.4 Å². The molecule has 2 fully saturated rings. The Morgan fingerprint density at radius 2 is 1.93 bits per heavy atom. The standard InChI is InChI=1S/C18H25F2N5O2/c19-17(20)27-15-6-4-12(5-7-15)24-18-22-10-11(9-21)16(25-18)23-13-2-1-3-14(26)8-13/h10,12-15,17,26H,1-8H2,(H2,22,23,24,25)/t12?,13-,14-,15?/m1/s1. The average Bonchev–Trinajstić information content (AvgIpc) is 2.63. The lowest BCUT2D eigenvalue weighted by atomic mass is 9.93. The molecule has 0 saturated heterocycles. The van der Waals surface area contributed by atoms with Crippen molar-refractivity contribution in [1.82, 2.24) is 9.97 Å². The minimum absolute atomic E-state index is 0.0746. The number of nitriles is 1. The van der Waals surface area contributed by atoms with E-state index in [1.54, 1.807) is 0 Å². The van der Waals surface area contributed by atoms with Crippen LogP contribution < -0.4 is 10.6 Å². The predicted octanol–water partition coefficient (Wildman–Crippen LogP) is 3.03. The number of aliphatic hydroxyl groups is 1. The van der Waals surface area contributed by atoms with E-state index in [4.69, 9.17) is 0 Å². The first-order valence-corrected chi connectivity index (χ1v) is 9.45. The van der Waals surface area contributed by atoms with Crippen molar-refractivity contribution in [2.24, 2.45) is 0 Å². The summed E-state index contributed by atoms with van der Waals surface area (Å²) < 4.78 is 29.2. The van der Waals surface area contributed by atoms with E-state index in [0.29, 0.717) is 49.4 Å². The molecule has 1 heterocycles. The minimum atomic E-state index is -2.73. The number of ether oxygens (including phenoxy) is 1. The van der Waals surface area contributed by atoms with E-state index < -0.39 is 12.7 Å². The molecule has 0 aliphatic heterocycles. The van der Waals surface area contributed by atoms with E-state index in [9.17, 15) is 19.1 Å². The SMILES string of the molecule is N#Cc1cnc(NC2CCC(OC(F)F)CC2)nc1N[C@@H]1CCC[C@@H](O)C1. The van der Waals surface area contributed by atoms with E-state index in [-0.39, 0.29) is 18.2 Å². The molecule has 7 nitrogen and oxygen atoms in total. The molecule has 2 aliphatic rings. The first kappa shape index (κ1) is 19.7. The zero-order chi connectivity index (χ0) is 19.2. The summed E-state index contributed by atoms with van der Waals surface area (Å²) in [6.07, 6.45) is 6.53. The number of anilines is 2. The number of aromatic nitrogens is 2. The Bertz CT molecular complexity index is 662. The monoisotopic (exact) mass is 381 g/mol. The van der Waals surface area contributed by atoms with Gasteiger partial charge in [-0.15, -0.1) is 0 Å². The third kappa shape index (κ3) is 5.71. The van der Waals surface area contributed by atoms with Gasteiger partial charge in [-0.05, 0) is 51.4 Å². The molecular formula is C18H25F2N5O2. The second kappa shape index (κ2) is 9.24. The molecule has 2 saturated carbocycles. The van der Waals surface area contributed by atoms with E-state index >= 15 is 0 Å². The maximum Gasteiger partial charge on any atom is 0.345 e. The Kier molecular flexibility index (Phi) is 6.74. The number of halogens is 2. The summed E-state index contributed by atoms with van der Waals surface area (Å²) in [5.74, 6) is 0.870. The number of nitrogens with one attached hydrogen (secondary N) is 2. The Morgan fingerprint density at radius 1 is 1.15 bits per heavy atom. The van der Waals surface area contributed by atoms with Gasteiger partial charge in [0.25, 0.3) is 0 Å². The summed E-state index contributed by atoms with van der Waals surface area (Å²) in [5, 5.41) is 25.6. The number of rotatable bonds is 6. The molecule has 148 valence electrons. The van der Waals surface area contributed by atoms with Gasteiger partial charge in [-0.1, -0.05) is 0 Å². The van der Waals surface area contributed by atoms with E-state index in [1.165, 1.54) is 6.20 Å². The van der Waals surface area contributed by atoms with Crippen LogP contribution in [0.2, 0.25) is 0 Å². The van der Waals surface area contributed by atoms with Crippen LogP contribution in [-0.4, -0.2) is 46.0 Å². The normalized spacial score (nSPS) is 28.6. The molecule has 0 unspecified atom stereocenters. The van der Waals surface area contributed by atoms with Gasteiger partial charge in [0.15, 0.2) is 0 Å². The van der Waals surface area contributed by atoms with Crippen molar-refractivity contribution in [3.63, 3.8) is 0 Å². The molecule has 0 spiro atoms. The quantitative estimate of drug-likeness (QED) is 0.696. The minimum Gasteiger partial charge on any atom is -0.393 e. The van der Waals surface area contributed by atoms with Crippen LogP contribution in [0.3, 0.4) is 0 Å². The van der Waals surface area contributed by atoms with E-state index in [1.807, 2.05) is 0 Å². The van der Waals surface area contributed by atoms with Gasteiger partial charge in [0.05, 0.1) is 18.4 Å². The van der Waals surface area contributed by atoms with Crippen molar-refractivity contribution in [2.45, 2.75) is 82.3 Å². The van der Waals surface area contributed by atoms with Crippen LogP contribution in [0.15, 0.2) is 6.20 Å². The Balaban J connectivity index is 1.59. The fourth-order valence-electron chi connectivity index (χ4n) is 3.80. The first-order chi connectivity index (χ1) is 13.0. The highest BCUT2D eigenvalue weighted by atomic mass is 19.3. The summed E-state index contributed by atoms with van der Waals surface area (Å²) >= 11 is 0. The van der Waals surface area contributed by atoms with Gasteiger partial charge in [-0.3, -0.25) is 0 Å². The lowest BCUT2D eigenvalue weighted by molar-refractivity contribution is -0.169. The number of nitrogens with zero attached hydrogens (tertiary/aromatic N) is 3. The lowest BCUT2D eigenvalue weighted by Crippen LogP contribution is -2.32. The fourth-order valence-corrected chi connectivity index (χ4v) is 3.80. The highest BCUT2D eigenvalue weighted by Crippen LogP contribution is 2.26. The molecule has 2 atom stereocenters. The van der Waals surface area contributed by atoms with Crippen molar-refractivity contribution in [3.05, 3.63) is 11.8 Å². The highest BCUT2D eigenvalue weighted by Gasteiger charge is 2.25. The second-order valence-electron chi connectivity index (χ2n) is 7.24. The Morgan fingerprint density at radius 3 is 2.59 bits per heavy atom. The molecule has 2 aliphatic carbocycles. The lowest BCUT2D eigenvalue weighted by Gasteiger charge is -2.29. The summed E-state index contributed by atoms with van der Waals surface area (Å²) in [4.78, 5) is 8.63. The third-order valence-corrected chi connectivity index (χ3v) is 5.20. The largest absolute Gasteiger partial charge is 0.393 e. The van der Waals surface area contributed by atoms with Gasteiger partial charge in [-0.25, -0.2) is 4.98 Å². The average molecular weight is 381 g/mol. The van der Waals surface area contributed by atoms with Gasteiger partial charge in [0.1, 0.15) is 17.5 Å². The summed E-state index contributed by atoms with van der Waals surface area (Å²) in [6, 6.07) is 2.24. The Hall–Kier alpha value is -2.05. The van der Waals surface area contributed by atoms with Gasteiger partial charge in [0.2, 0.25) is 5.95 Å². The zero-order valence-corrected chi connectivity index (χ0v) is 15.1. The van der Waals surface area contributed by atoms with Crippen LogP contribution >= 0.6 is 0 Å². The van der Waals surface area contributed by atoms with Crippen molar-refractivity contribution >= 4 is 11.8 Å². The van der Waals surface area contributed by atoms with E-state index in [0.717, 1.165) is 19.3 Å². The van der Waals surface area contributed by atoms with Gasteiger partial charge >= 0.3 is 6.61 Å². The van der Waals surface area contributed by atoms with Gasteiger partial charge in [-0.2, -0.15) is 19.0 Å². The van der Waals surface area contributed by atoms with Crippen LogP contribution in [0.4, 0.5) is 20.5 Å². The number of hydrogen-bond acceptors (Lipinski definition) is 7. The van der Waals surface area contributed by atoms with Crippen LogP contribution in [0, 0.1) is 11.3 Å². The van der Waals surface area contributed by atoms with Crippen LogP contribution in [0.1, 0.15) is 56.9 Å². The molecule has 0 amide bonds. The fraction of sp³-hybridized carbons (Fsp3) is 0.722. The molecule has 1 aromatic rings. The smallest absolute Gasteiger partial charge is 0.345 e. The summed E-state index contributed by atoms with van der Waals surface area (Å²) in [6.45, 7) is -2.73. The highest BCUT2D eigenvalue weighted by molar-refractivity contribution is 5.54. The molecule has 27 heavy (non-hydrogen) atoms. The van der Waals surface area contributed by atoms with Crippen molar-refractivity contribution < 1.29 is 18.6 Å². The maximum absolute atomic E-state index is 12.3. The van der Waals surface area contributed by atoms with Crippen LogP contribution in [0.25, 0.3) is 0 Å².